The highest BCUT2D eigenvalue weighted by Gasteiger charge is 2.14. The predicted octanol–water partition coefficient (Wildman–Crippen LogP) is 0.949. The van der Waals surface area contributed by atoms with Crippen molar-refractivity contribution < 1.29 is 0 Å². The van der Waals surface area contributed by atoms with Gasteiger partial charge in [0.1, 0.15) is 5.82 Å². The fourth-order valence-corrected chi connectivity index (χ4v) is 1.97. The molecule has 0 aliphatic carbocycles. The molecule has 84 valence electrons. The van der Waals surface area contributed by atoms with Crippen molar-refractivity contribution in [2.45, 2.75) is 20.4 Å². The molecule has 1 saturated heterocycles. The van der Waals surface area contributed by atoms with Gasteiger partial charge >= 0.3 is 0 Å². The van der Waals surface area contributed by atoms with E-state index >= 15 is 0 Å². The van der Waals surface area contributed by atoms with E-state index in [1.807, 2.05) is 6.20 Å². The topological polar surface area (TPSA) is 33.1 Å². The van der Waals surface area contributed by atoms with Crippen molar-refractivity contribution in [3.05, 3.63) is 12.3 Å². The minimum Gasteiger partial charge on any atom is -0.354 e. The van der Waals surface area contributed by atoms with Gasteiger partial charge in [-0.05, 0) is 5.92 Å². The predicted molar refractivity (Wildman–Crippen MR) is 62.1 cm³/mol. The Labute approximate surface area is 91.3 Å². The molecule has 1 fully saturated rings. The third-order valence-electron chi connectivity index (χ3n) is 2.67. The minimum absolute atomic E-state index is 0.645. The first kappa shape index (κ1) is 10.5. The summed E-state index contributed by atoms with van der Waals surface area (Å²) in [4.78, 5) is 2.41. The molecule has 0 amide bonds. The van der Waals surface area contributed by atoms with Crippen molar-refractivity contribution in [2.24, 2.45) is 5.92 Å². The Morgan fingerprint density at radius 2 is 2.13 bits per heavy atom. The molecule has 0 saturated carbocycles. The minimum atomic E-state index is 0.645. The third-order valence-corrected chi connectivity index (χ3v) is 2.67. The number of hydrogen-bond acceptors (Lipinski definition) is 3. The van der Waals surface area contributed by atoms with Crippen LogP contribution in [0.5, 0.6) is 0 Å². The van der Waals surface area contributed by atoms with Crippen molar-refractivity contribution in [1.29, 1.82) is 0 Å². The van der Waals surface area contributed by atoms with Crippen LogP contribution in [0.4, 0.5) is 5.82 Å². The Balaban J connectivity index is 2.09. The first-order valence-corrected chi connectivity index (χ1v) is 5.75. The summed E-state index contributed by atoms with van der Waals surface area (Å²) in [6.07, 6.45) is 1.90. The molecule has 4 nitrogen and oxygen atoms in total. The number of nitrogens with zero attached hydrogens (tertiary/aromatic N) is 3. The van der Waals surface area contributed by atoms with E-state index in [2.05, 4.69) is 39.9 Å². The molecule has 2 heterocycles. The first-order chi connectivity index (χ1) is 7.27. The second kappa shape index (κ2) is 4.66. The number of piperazine rings is 1. The molecule has 1 N–H and O–H groups in total. The molecule has 4 heteroatoms. The Bertz CT molecular complexity index is 299. The molecule has 0 spiro atoms. The monoisotopic (exact) mass is 208 g/mol. The molecule has 2 rings (SSSR count). The lowest BCUT2D eigenvalue weighted by Gasteiger charge is -2.29. The van der Waals surface area contributed by atoms with Gasteiger partial charge in [-0.25, -0.2) is 4.68 Å². The summed E-state index contributed by atoms with van der Waals surface area (Å²) >= 11 is 0. The summed E-state index contributed by atoms with van der Waals surface area (Å²) in [5.41, 5.74) is 0. The molecule has 0 unspecified atom stereocenters. The number of hydrogen-bond donors (Lipinski definition) is 1. The zero-order valence-electron chi connectivity index (χ0n) is 9.61. The van der Waals surface area contributed by atoms with Gasteiger partial charge in [-0.2, -0.15) is 5.10 Å². The summed E-state index contributed by atoms with van der Waals surface area (Å²) < 4.78 is 2.12. The SMILES string of the molecule is CC(C)Cn1nccc1N1CCNCC1. The lowest BCUT2D eigenvalue weighted by atomic mass is 10.2. The van der Waals surface area contributed by atoms with Crippen LogP contribution in [-0.2, 0) is 6.54 Å². The lowest BCUT2D eigenvalue weighted by molar-refractivity contribution is 0.473. The number of nitrogens with one attached hydrogen (secondary N) is 1. The normalized spacial score (nSPS) is 17.4. The van der Waals surface area contributed by atoms with Gasteiger partial charge in [0.2, 0.25) is 0 Å². The van der Waals surface area contributed by atoms with E-state index in [1.54, 1.807) is 0 Å². The summed E-state index contributed by atoms with van der Waals surface area (Å²) in [6, 6.07) is 2.12. The molecule has 0 aromatic carbocycles. The first-order valence-electron chi connectivity index (χ1n) is 5.75. The van der Waals surface area contributed by atoms with Crippen LogP contribution < -0.4 is 10.2 Å². The van der Waals surface area contributed by atoms with E-state index in [1.165, 1.54) is 5.82 Å². The molecule has 1 aromatic rings. The molecule has 0 bridgehead atoms. The van der Waals surface area contributed by atoms with Gasteiger partial charge in [-0.3, -0.25) is 0 Å². The van der Waals surface area contributed by atoms with E-state index in [4.69, 9.17) is 0 Å². The van der Waals surface area contributed by atoms with Crippen LogP contribution in [0, 0.1) is 5.92 Å². The Morgan fingerprint density at radius 1 is 1.40 bits per heavy atom. The van der Waals surface area contributed by atoms with Gasteiger partial charge in [0.25, 0.3) is 0 Å². The van der Waals surface area contributed by atoms with Crippen molar-refractivity contribution in [3.8, 4) is 0 Å². The fourth-order valence-electron chi connectivity index (χ4n) is 1.97. The molecular formula is C11H20N4. The van der Waals surface area contributed by atoms with E-state index in [9.17, 15) is 0 Å². The average Bonchev–Trinajstić information content (AvgIpc) is 2.66. The summed E-state index contributed by atoms with van der Waals surface area (Å²) in [5, 5.41) is 7.75. The maximum Gasteiger partial charge on any atom is 0.126 e. The van der Waals surface area contributed by atoms with E-state index in [0.29, 0.717) is 5.92 Å². The standard InChI is InChI=1S/C11H20N4/c1-10(2)9-15-11(3-4-13-15)14-7-5-12-6-8-14/h3-4,10,12H,5-9H2,1-2H3. The lowest BCUT2D eigenvalue weighted by Crippen LogP contribution is -2.44. The molecular weight excluding hydrogens is 188 g/mol. The third kappa shape index (κ3) is 2.50. The molecule has 1 aromatic heterocycles. The van der Waals surface area contributed by atoms with Gasteiger partial charge < -0.3 is 10.2 Å². The largest absolute Gasteiger partial charge is 0.354 e. The van der Waals surface area contributed by atoms with Crippen LogP contribution in [0.1, 0.15) is 13.8 Å². The average molecular weight is 208 g/mol. The fraction of sp³-hybridized carbons (Fsp3) is 0.727. The van der Waals surface area contributed by atoms with Crippen LogP contribution in [0.15, 0.2) is 12.3 Å². The summed E-state index contributed by atoms with van der Waals surface area (Å²) in [5.74, 6) is 1.91. The highest BCUT2D eigenvalue weighted by Crippen LogP contribution is 2.15. The Hall–Kier alpha value is -1.03. The van der Waals surface area contributed by atoms with Gasteiger partial charge in [-0.15, -0.1) is 0 Å². The molecule has 1 aliphatic rings. The maximum atomic E-state index is 4.39. The second-order valence-corrected chi connectivity index (χ2v) is 4.50. The van der Waals surface area contributed by atoms with Crippen LogP contribution in [0.2, 0.25) is 0 Å². The molecule has 0 atom stereocenters. The summed E-state index contributed by atoms with van der Waals surface area (Å²) in [6.45, 7) is 9.78. The van der Waals surface area contributed by atoms with Crippen molar-refractivity contribution in [2.75, 3.05) is 31.1 Å². The zero-order valence-corrected chi connectivity index (χ0v) is 9.61. The Morgan fingerprint density at radius 3 is 2.80 bits per heavy atom. The van der Waals surface area contributed by atoms with Crippen molar-refractivity contribution >= 4 is 5.82 Å². The van der Waals surface area contributed by atoms with Crippen LogP contribution >= 0.6 is 0 Å². The van der Waals surface area contributed by atoms with Crippen LogP contribution in [-0.4, -0.2) is 36.0 Å². The van der Waals surface area contributed by atoms with E-state index in [0.717, 1.165) is 32.7 Å². The molecule has 15 heavy (non-hydrogen) atoms. The highest BCUT2D eigenvalue weighted by atomic mass is 15.4. The second-order valence-electron chi connectivity index (χ2n) is 4.50. The molecule has 1 aliphatic heterocycles. The number of rotatable bonds is 3. The Kier molecular flexibility index (Phi) is 3.26. The zero-order chi connectivity index (χ0) is 10.7. The van der Waals surface area contributed by atoms with Crippen LogP contribution in [0.25, 0.3) is 0 Å². The van der Waals surface area contributed by atoms with Gasteiger partial charge in [0, 0.05) is 38.8 Å². The maximum absolute atomic E-state index is 4.39. The van der Waals surface area contributed by atoms with Gasteiger partial charge in [-0.1, -0.05) is 13.8 Å². The smallest absolute Gasteiger partial charge is 0.126 e. The highest BCUT2D eigenvalue weighted by molar-refractivity contribution is 5.38. The van der Waals surface area contributed by atoms with E-state index in [-0.39, 0.29) is 0 Å². The number of anilines is 1. The summed E-state index contributed by atoms with van der Waals surface area (Å²) in [7, 11) is 0. The quantitative estimate of drug-likeness (QED) is 0.803. The number of aromatic nitrogens is 2. The van der Waals surface area contributed by atoms with Gasteiger partial charge in [0.15, 0.2) is 0 Å². The molecule has 0 radical (unpaired) electrons. The van der Waals surface area contributed by atoms with Gasteiger partial charge in [0.05, 0.1) is 6.20 Å². The van der Waals surface area contributed by atoms with E-state index < -0.39 is 0 Å². The van der Waals surface area contributed by atoms with Crippen LogP contribution in [0.3, 0.4) is 0 Å². The van der Waals surface area contributed by atoms with Crippen molar-refractivity contribution in [1.82, 2.24) is 15.1 Å². The van der Waals surface area contributed by atoms with Crippen molar-refractivity contribution in [3.63, 3.8) is 0 Å².